The molecule has 1 aromatic carbocycles. The zero-order valence-corrected chi connectivity index (χ0v) is 12.5. The Kier molecular flexibility index (Phi) is 5.70. The predicted octanol–water partition coefficient (Wildman–Crippen LogP) is 2.28. The summed E-state index contributed by atoms with van der Waals surface area (Å²) in [7, 11) is 3.95. The van der Waals surface area contributed by atoms with Crippen LogP contribution in [-0.2, 0) is 0 Å². The molecule has 0 aliphatic rings. The van der Waals surface area contributed by atoms with Gasteiger partial charge in [0, 0.05) is 22.3 Å². The summed E-state index contributed by atoms with van der Waals surface area (Å²) in [5.74, 6) is 0. The van der Waals surface area contributed by atoms with Gasteiger partial charge in [-0.15, -0.1) is 0 Å². The van der Waals surface area contributed by atoms with Gasteiger partial charge in [-0.1, -0.05) is 6.07 Å². The first-order chi connectivity index (χ1) is 8.00. The number of nitrogens with zero attached hydrogens (tertiary/aromatic N) is 1. The van der Waals surface area contributed by atoms with Crippen molar-refractivity contribution >= 4 is 34.3 Å². The maximum atomic E-state index is 11.6. The van der Waals surface area contributed by atoms with Gasteiger partial charge in [-0.25, -0.2) is 4.79 Å². The van der Waals surface area contributed by atoms with Gasteiger partial charge in [0.05, 0.1) is 0 Å². The number of rotatable bonds is 4. The second kappa shape index (κ2) is 6.80. The number of anilines is 1. The highest BCUT2D eigenvalue weighted by molar-refractivity contribution is 14.1. The van der Waals surface area contributed by atoms with Crippen LogP contribution in [0, 0.1) is 10.5 Å². The van der Waals surface area contributed by atoms with Gasteiger partial charge in [0.15, 0.2) is 0 Å². The Morgan fingerprint density at radius 3 is 2.76 bits per heavy atom. The van der Waals surface area contributed by atoms with Crippen LogP contribution in [0.1, 0.15) is 5.56 Å². The third kappa shape index (κ3) is 4.91. The quantitative estimate of drug-likeness (QED) is 0.821. The Morgan fingerprint density at radius 1 is 1.41 bits per heavy atom. The molecule has 0 atom stereocenters. The number of hydrogen-bond donors (Lipinski definition) is 2. The molecule has 4 nitrogen and oxygen atoms in total. The van der Waals surface area contributed by atoms with E-state index in [9.17, 15) is 4.79 Å². The molecule has 0 unspecified atom stereocenters. The summed E-state index contributed by atoms with van der Waals surface area (Å²) in [5.41, 5.74) is 1.95. The zero-order chi connectivity index (χ0) is 12.8. The van der Waals surface area contributed by atoms with E-state index in [1.165, 1.54) is 0 Å². The fourth-order valence-electron chi connectivity index (χ4n) is 1.30. The number of carbonyl (C=O) groups is 1. The van der Waals surface area contributed by atoms with Crippen molar-refractivity contribution in [3.63, 3.8) is 0 Å². The maximum absolute atomic E-state index is 11.6. The summed E-state index contributed by atoms with van der Waals surface area (Å²) in [4.78, 5) is 13.6. The number of urea groups is 1. The van der Waals surface area contributed by atoms with Crippen molar-refractivity contribution in [2.75, 3.05) is 32.5 Å². The number of carbonyl (C=O) groups excluding carboxylic acids is 1. The smallest absolute Gasteiger partial charge is 0.319 e. The lowest BCUT2D eigenvalue weighted by Crippen LogP contribution is -2.34. The van der Waals surface area contributed by atoms with Crippen LogP contribution in [0.3, 0.4) is 0 Å². The number of likely N-dealkylation sites (N-methyl/N-ethyl adjacent to an activating group) is 1. The SMILES string of the molecule is Cc1c(I)cccc1NC(=O)NCCN(C)C. The molecule has 2 amide bonds. The van der Waals surface area contributed by atoms with Crippen LogP contribution in [-0.4, -0.2) is 38.1 Å². The first-order valence-corrected chi connectivity index (χ1v) is 6.53. The van der Waals surface area contributed by atoms with Gasteiger partial charge < -0.3 is 15.5 Å². The van der Waals surface area contributed by atoms with E-state index < -0.39 is 0 Å². The highest BCUT2D eigenvalue weighted by Crippen LogP contribution is 2.19. The highest BCUT2D eigenvalue weighted by atomic mass is 127. The molecule has 0 saturated carbocycles. The van der Waals surface area contributed by atoms with E-state index in [-0.39, 0.29) is 6.03 Å². The second-order valence-electron chi connectivity index (χ2n) is 4.10. The standard InChI is InChI=1S/C12H18IN3O/c1-9-10(13)5-4-6-11(9)15-12(17)14-7-8-16(2)3/h4-6H,7-8H2,1-3H3,(H2,14,15,17). The Bertz CT molecular complexity index is 393. The first-order valence-electron chi connectivity index (χ1n) is 5.45. The van der Waals surface area contributed by atoms with Crippen molar-refractivity contribution in [1.29, 1.82) is 0 Å². The van der Waals surface area contributed by atoms with E-state index in [4.69, 9.17) is 0 Å². The van der Waals surface area contributed by atoms with E-state index in [0.29, 0.717) is 6.54 Å². The second-order valence-corrected chi connectivity index (χ2v) is 5.26. The van der Waals surface area contributed by atoms with Crippen LogP contribution < -0.4 is 10.6 Å². The molecule has 0 bridgehead atoms. The molecule has 0 aliphatic heterocycles. The molecule has 2 N–H and O–H groups in total. The van der Waals surface area contributed by atoms with Gasteiger partial charge in [-0.2, -0.15) is 0 Å². The van der Waals surface area contributed by atoms with Gasteiger partial charge in [0.25, 0.3) is 0 Å². The maximum Gasteiger partial charge on any atom is 0.319 e. The fraction of sp³-hybridized carbons (Fsp3) is 0.417. The Morgan fingerprint density at radius 2 is 2.12 bits per heavy atom. The number of halogens is 1. The lowest BCUT2D eigenvalue weighted by Gasteiger charge is -2.12. The third-order valence-corrected chi connectivity index (χ3v) is 3.53. The first kappa shape index (κ1) is 14.2. The van der Waals surface area contributed by atoms with E-state index in [1.807, 2.05) is 44.1 Å². The van der Waals surface area contributed by atoms with Crippen LogP contribution in [0.2, 0.25) is 0 Å². The summed E-state index contributed by atoms with van der Waals surface area (Å²) in [6.45, 7) is 3.47. The molecular formula is C12H18IN3O. The van der Waals surface area contributed by atoms with Crippen LogP contribution >= 0.6 is 22.6 Å². The third-order valence-electron chi connectivity index (χ3n) is 2.36. The normalized spacial score (nSPS) is 10.4. The lowest BCUT2D eigenvalue weighted by atomic mass is 10.2. The zero-order valence-electron chi connectivity index (χ0n) is 10.4. The molecule has 17 heavy (non-hydrogen) atoms. The van der Waals surface area contributed by atoms with E-state index in [1.54, 1.807) is 0 Å². The van der Waals surface area contributed by atoms with Gasteiger partial charge in [-0.3, -0.25) is 0 Å². The molecule has 1 aromatic rings. The molecule has 0 aromatic heterocycles. The highest BCUT2D eigenvalue weighted by Gasteiger charge is 2.05. The van der Waals surface area contributed by atoms with Gasteiger partial charge in [0.1, 0.15) is 0 Å². The van der Waals surface area contributed by atoms with Crippen LogP contribution in [0.5, 0.6) is 0 Å². The molecule has 0 heterocycles. The van der Waals surface area contributed by atoms with Gasteiger partial charge in [0.2, 0.25) is 0 Å². The van der Waals surface area contributed by atoms with Crippen molar-refractivity contribution in [2.24, 2.45) is 0 Å². The van der Waals surface area contributed by atoms with Crippen molar-refractivity contribution in [2.45, 2.75) is 6.92 Å². The molecule has 0 spiro atoms. The Hall–Kier alpha value is -0.820. The fourth-order valence-corrected chi connectivity index (χ4v) is 1.80. The average Bonchev–Trinajstić information content (AvgIpc) is 2.24. The summed E-state index contributed by atoms with van der Waals surface area (Å²) in [6.07, 6.45) is 0. The van der Waals surface area contributed by atoms with Crippen LogP contribution in [0.15, 0.2) is 18.2 Å². The minimum atomic E-state index is -0.156. The van der Waals surface area contributed by atoms with E-state index >= 15 is 0 Å². The van der Waals surface area contributed by atoms with Crippen molar-refractivity contribution in [3.8, 4) is 0 Å². The molecule has 0 fully saturated rings. The predicted molar refractivity (Wildman–Crippen MR) is 79.5 cm³/mol. The minimum Gasteiger partial charge on any atom is -0.337 e. The minimum absolute atomic E-state index is 0.156. The van der Waals surface area contributed by atoms with E-state index in [0.717, 1.165) is 21.4 Å². The Balaban J connectivity index is 2.48. The monoisotopic (exact) mass is 347 g/mol. The molecule has 0 saturated heterocycles. The molecule has 0 aliphatic carbocycles. The van der Waals surface area contributed by atoms with Crippen molar-refractivity contribution < 1.29 is 4.79 Å². The molecule has 0 radical (unpaired) electrons. The lowest BCUT2D eigenvalue weighted by molar-refractivity contribution is 0.250. The van der Waals surface area contributed by atoms with E-state index in [2.05, 4.69) is 33.2 Å². The molecular weight excluding hydrogens is 329 g/mol. The topological polar surface area (TPSA) is 44.4 Å². The summed E-state index contributed by atoms with van der Waals surface area (Å²) >= 11 is 2.26. The summed E-state index contributed by atoms with van der Waals surface area (Å²) in [6, 6.07) is 5.70. The number of nitrogens with one attached hydrogen (secondary N) is 2. The molecule has 94 valence electrons. The van der Waals surface area contributed by atoms with Gasteiger partial charge in [-0.05, 0) is 61.3 Å². The Labute approximate surface area is 116 Å². The molecule has 1 rings (SSSR count). The van der Waals surface area contributed by atoms with Crippen molar-refractivity contribution in [3.05, 3.63) is 27.3 Å². The summed E-state index contributed by atoms with van der Waals surface area (Å²) in [5, 5.41) is 5.67. The van der Waals surface area contributed by atoms with Crippen LogP contribution in [0.25, 0.3) is 0 Å². The number of benzene rings is 1. The number of hydrogen-bond acceptors (Lipinski definition) is 2. The summed E-state index contributed by atoms with van der Waals surface area (Å²) < 4.78 is 1.15. The van der Waals surface area contributed by atoms with Gasteiger partial charge >= 0.3 is 6.03 Å². The van der Waals surface area contributed by atoms with Crippen molar-refractivity contribution in [1.82, 2.24) is 10.2 Å². The average molecular weight is 347 g/mol. The number of amides is 2. The van der Waals surface area contributed by atoms with Crippen LogP contribution in [0.4, 0.5) is 10.5 Å². The molecule has 5 heteroatoms. The largest absolute Gasteiger partial charge is 0.337 e.